The van der Waals surface area contributed by atoms with Crippen molar-refractivity contribution in [3.05, 3.63) is 48.8 Å². The number of carbonyl (C=O) groups is 1. The minimum Gasteiger partial charge on any atom is -0.497 e. The third-order valence-corrected chi connectivity index (χ3v) is 6.36. The smallest absolute Gasteiger partial charge is 0.242 e. The molecule has 0 fully saturated rings. The molecule has 154 valence electrons. The highest BCUT2D eigenvalue weighted by Crippen LogP contribution is 2.21. The molecule has 1 amide bonds. The summed E-state index contributed by atoms with van der Waals surface area (Å²) in [4.78, 5) is 16.6. The highest BCUT2D eigenvalue weighted by molar-refractivity contribution is 7.89. The van der Waals surface area contributed by atoms with Crippen LogP contribution in [0.15, 0.2) is 53.7 Å². The average molecular weight is 417 g/mol. The van der Waals surface area contributed by atoms with E-state index in [4.69, 9.17) is 4.74 Å². The molecule has 29 heavy (non-hydrogen) atoms. The van der Waals surface area contributed by atoms with Gasteiger partial charge in [-0.3, -0.25) is 4.79 Å². The number of imidazole rings is 1. The Morgan fingerprint density at radius 2 is 1.90 bits per heavy atom. The molecule has 0 atom stereocenters. The molecule has 0 radical (unpaired) electrons. The highest BCUT2D eigenvalue weighted by atomic mass is 32.2. The molecular weight excluding hydrogens is 392 g/mol. The number of anilines is 1. The standard InChI is InChI=1S/C20H24N4O4S/c1-23(2)29(26,27)17-10-11-19-18(13-17)21-14-24(19)12-4-5-20(25)22-15-6-8-16(28-3)9-7-15/h6-11,13-14H,4-5,12H2,1-3H3,(H,22,25). The maximum Gasteiger partial charge on any atom is 0.242 e. The van der Waals surface area contributed by atoms with E-state index in [1.807, 2.05) is 4.57 Å². The first kappa shape index (κ1) is 20.8. The molecule has 0 bridgehead atoms. The van der Waals surface area contributed by atoms with Gasteiger partial charge in [0.2, 0.25) is 15.9 Å². The van der Waals surface area contributed by atoms with Gasteiger partial charge in [-0.15, -0.1) is 0 Å². The first-order chi connectivity index (χ1) is 13.8. The number of aromatic nitrogens is 2. The fraction of sp³-hybridized carbons (Fsp3) is 0.300. The fourth-order valence-electron chi connectivity index (χ4n) is 2.90. The zero-order valence-electron chi connectivity index (χ0n) is 16.6. The van der Waals surface area contributed by atoms with Gasteiger partial charge in [-0.1, -0.05) is 0 Å². The lowest BCUT2D eigenvalue weighted by molar-refractivity contribution is -0.116. The second-order valence-corrected chi connectivity index (χ2v) is 8.91. The lowest BCUT2D eigenvalue weighted by atomic mass is 10.2. The van der Waals surface area contributed by atoms with Crippen molar-refractivity contribution in [2.45, 2.75) is 24.3 Å². The summed E-state index contributed by atoms with van der Waals surface area (Å²) in [6, 6.07) is 12.1. The van der Waals surface area contributed by atoms with E-state index in [2.05, 4.69) is 10.3 Å². The van der Waals surface area contributed by atoms with Crippen LogP contribution in [0.1, 0.15) is 12.8 Å². The van der Waals surface area contributed by atoms with Gasteiger partial charge in [0.1, 0.15) is 5.75 Å². The van der Waals surface area contributed by atoms with Gasteiger partial charge in [0.05, 0.1) is 29.4 Å². The SMILES string of the molecule is COc1ccc(NC(=O)CCCn2cnc3cc(S(=O)(=O)N(C)C)ccc32)cc1. The van der Waals surface area contributed by atoms with Crippen molar-refractivity contribution in [1.82, 2.24) is 13.9 Å². The van der Waals surface area contributed by atoms with Gasteiger partial charge in [-0.2, -0.15) is 0 Å². The summed E-state index contributed by atoms with van der Waals surface area (Å²) in [5.74, 6) is 0.662. The van der Waals surface area contributed by atoms with Crippen molar-refractivity contribution >= 4 is 32.7 Å². The van der Waals surface area contributed by atoms with Crippen molar-refractivity contribution in [3.63, 3.8) is 0 Å². The van der Waals surface area contributed by atoms with Crippen LogP contribution < -0.4 is 10.1 Å². The number of nitrogens with zero attached hydrogens (tertiary/aromatic N) is 3. The van der Waals surface area contributed by atoms with Crippen molar-refractivity contribution in [2.75, 3.05) is 26.5 Å². The molecule has 0 unspecified atom stereocenters. The predicted molar refractivity (Wildman–Crippen MR) is 111 cm³/mol. The van der Waals surface area contributed by atoms with Crippen LogP contribution in [0.3, 0.4) is 0 Å². The molecule has 0 aliphatic heterocycles. The van der Waals surface area contributed by atoms with Crippen molar-refractivity contribution in [2.24, 2.45) is 0 Å². The van der Waals surface area contributed by atoms with Gasteiger partial charge >= 0.3 is 0 Å². The number of ether oxygens (including phenoxy) is 1. The van der Waals surface area contributed by atoms with Crippen LogP contribution in [-0.4, -0.2) is 49.4 Å². The summed E-state index contributed by atoms with van der Waals surface area (Å²) in [7, 11) is 1.08. The number of benzene rings is 2. The maximum atomic E-state index is 12.3. The van der Waals surface area contributed by atoms with Gasteiger partial charge < -0.3 is 14.6 Å². The highest BCUT2D eigenvalue weighted by Gasteiger charge is 2.18. The Morgan fingerprint density at radius 1 is 1.17 bits per heavy atom. The number of aryl methyl sites for hydroxylation is 1. The van der Waals surface area contributed by atoms with Gasteiger partial charge in [0, 0.05) is 32.7 Å². The molecule has 1 N–H and O–H groups in total. The van der Waals surface area contributed by atoms with Gasteiger partial charge in [0.15, 0.2) is 0 Å². The molecule has 0 spiro atoms. The summed E-state index contributed by atoms with van der Waals surface area (Å²) >= 11 is 0. The van der Waals surface area contributed by atoms with E-state index >= 15 is 0 Å². The molecule has 8 nitrogen and oxygen atoms in total. The second-order valence-electron chi connectivity index (χ2n) is 6.76. The normalized spacial score (nSPS) is 11.7. The van der Waals surface area contributed by atoms with Crippen molar-refractivity contribution in [1.29, 1.82) is 0 Å². The maximum absolute atomic E-state index is 12.3. The van der Waals surface area contributed by atoms with Crippen molar-refractivity contribution in [3.8, 4) is 5.75 Å². The number of sulfonamides is 1. The molecule has 2 aromatic carbocycles. The monoisotopic (exact) mass is 416 g/mol. The van der Waals surface area contributed by atoms with Crippen LogP contribution in [0, 0.1) is 0 Å². The number of hydrogen-bond donors (Lipinski definition) is 1. The van der Waals surface area contributed by atoms with Gasteiger partial charge in [0.25, 0.3) is 0 Å². The van der Waals surface area contributed by atoms with E-state index in [0.717, 1.165) is 17.0 Å². The van der Waals surface area contributed by atoms with Gasteiger partial charge in [-0.25, -0.2) is 17.7 Å². The summed E-state index contributed by atoms with van der Waals surface area (Å²) in [6.07, 6.45) is 2.65. The van der Waals surface area contributed by atoms with Crippen LogP contribution in [0.25, 0.3) is 11.0 Å². The van der Waals surface area contributed by atoms with Crippen molar-refractivity contribution < 1.29 is 17.9 Å². The minimum absolute atomic E-state index is 0.0704. The average Bonchev–Trinajstić information content (AvgIpc) is 3.11. The van der Waals surface area contributed by atoms with E-state index in [0.29, 0.717) is 24.9 Å². The zero-order valence-corrected chi connectivity index (χ0v) is 17.4. The molecule has 3 rings (SSSR count). The Kier molecular flexibility index (Phi) is 6.19. The summed E-state index contributed by atoms with van der Waals surface area (Å²) < 4.78 is 32.7. The lowest BCUT2D eigenvalue weighted by Gasteiger charge is -2.11. The number of amides is 1. The molecule has 0 saturated carbocycles. The molecular formula is C20H24N4O4S. The van der Waals surface area contributed by atoms with Crippen LogP contribution in [0.4, 0.5) is 5.69 Å². The summed E-state index contributed by atoms with van der Waals surface area (Å²) in [6.45, 7) is 0.603. The Balaban J connectivity index is 1.60. The van der Waals surface area contributed by atoms with Crippen LogP contribution in [0.2, 0.25) is 0 Å². The topological polar surface area (TPSA) is 93.5 Å². The Morgan fingerprint density at radius 3 is 2.55 bits per heavy atom. The number of carbonyl (C=O) groups excluding carboxylic acids is 1. The van der Waals surface area contributed by atoms with E-state index in [1.165, 1.54) is 18.4 Å². The Bertz CT molecular complexity index is 1110. The first-order valence-corrected chi connectivity index (χ1v) is 10.6. The predicted octanol–water partition coefficient (Wildman–Crippen LogP) is 2.71. The van der Waals surface area contributed by atoms with Crippen LogP contribution in [0.5, 0.6) is 5.75 Å². The minimum atomic E-state index is -3.50. The van der Waals surface area contributed by atoms with Crippen LogP contribution >= 0.6 is 0 Å². The second kappa shape index (κ2) is 8.62. The largest absolute Gasteiger partial charge is 0.497 e. The first-order valence-electron chi connectivity index (χ1n) is 9.12. The van der Waals surface area contributed by atoms with E-state index < -0.39 is 10.0 Å². The Labute approximate surface area is 170 Å². The Hall–Kier alpha value is -2.91. The van der Waals surface area contributed by atoms with E-state index in [-0.39, 0.29) is 10.8 Å². The molecule has 0 aliphatic carbocycles. The fourth-order valence-corrected chi connectivity index (χ4v) is 3.82. The van der Waals surface area contributed by atoms with E-state index in [9.17, 15) is 13.2 Å². The molecule has 9 heteroatoms. The third kappa shape index (κ3) is 4.75. The number of methoxy groups -OCH3 is 1. The zero-order chi connectivity index (χ0) is 21.0. The molecule has 1 aromatic heterocycles. The molecule has 1 heterocycles. The number of rotatable bonds is 8. The van der Waals surface area contributed by atoms with Gasteiger partial charge in [-0.05, 0) is 48.9 Å². The van der Waals surface area contributed by atoms with Crippen LogP contribution in [-0.2, 0) is 21.4 Å². The number of hydrogen-bond acceptors (Lipinski definition) is 5. The molecule has 3 aromatic rings. The summed E-state index contributed by atoms with van der Waals surface area (Å²) in [5.41, 5.74) is 2.16. The third-order valence-electron chi connectivity index (χ3n) is 4.55. The summed E-state index contributed by atoms with van der Waals surface area (Å²) in [5, 5.41) is 2.85. The number of fused-ring (bicyclic) bond motifs is 1. The van der Waals surface area contributed by atoms with E-state index in [1.54, 1.807) is 55.9 Å². The lowest BCUT2D eigenvalue weighted by Crippen LogP contribution is -2.22. The quantitative estimate of drug-likeness (QED) is 0.609. The molecule has 0 aliphatic rings. The number of nitrogens with one attached hydrogen (secondary N) is 1. The molecule has 0 saturated heterocycles.